The second-order valence-electron chi connectivity index (χ2n) is 14.2. The molecule has 36 heavy (non-hydrogen) atoms. The quantitative estimate of drug-likeness (QED) is 0.285. The molecule has 0 N–H and O–H groups in total. The Balaban J connectivity index is 1.76. The number of likely N-dealkylation sites (N-methyl/N-ethyl adjacent to an activating group) is 1. The van der Waals surface area contributed by atoms with Gasteiger partial charge in [-0.15, -0.1) is 0 Å². The van der Waals surface area contributed by atoms with Crippen molar-refractivity contribution in [2.45, 2.75) is 91.7 Å². The SMILES string of the molecule is CN1C(=O)C(C#N)=C[C@]2(C)C3=CC(=O)[C@@]45OCC[C@@](CI)(CC[C@@]4(C)[C@]3(C)CC[C@@H]12)[C@H]5CC(C)(C)C. The van der Waals surface area contributed by atoms with E-state index in [0.29, 0.717) is 6.61 Å². The van der Waals surface area contributed by atoms with Crippen LogP contribution in [-0.4, -0.2) is 46.3 Å². The molecule has 0 aromatic carbocycles. The lowest BCUT2D eigenvalue weighted by atomic mass is 9.34. The minimum Gasteiger partial charge on any atom is -0.366 e. The molecule has 5 aliphatic rings. The molecule has 2 saturated carbocycles. The molecule has 0 aromatic heterocycles. The number of hydrogen-bond acceptors (Lipinski definition) is 4. The lowest BCUT2D eigenvalue weighted by molar-refractivity contribution is -0.277. The maximum absolute atomic E-state index is 14.7. The lowest BCUT2D eigenvalue weighted by Gasteiger charge is -2.73. The van der Waals surface area contributed by atoms with Crippen LogP contribution in [0.25, 0.3) is 0 Å². The predicted molar refractivity (Wildman–Crippen MR) is 148 cm³/mol. The predicted octanol–water partition coefficient (Wildman–Crippen LogP) is 6.03. The number of hydrogen-bond donors (Lipinski definition) is 0. The van der Waals surface area contributed by atoms with Gasteiger partial charge in [0.2, 0.25) is 0 Å². The molecule has 1 amide bonds. The van der Waals surface area contributed by atoms with Crippen LogP contribution in [0.1, 0.15) is 80.1 Å². The largest absolute Gasteiger partial charge is 0.366 e. The van der Waals surface area contributed by atoms with Crippen molar-refractivity contribution in [3.8, 4) is 6.07 Å². The normalized spacial score (nSPS) is 46.1. The average molecular weight is 605 g/mol. The molecule has 1 saturated heterocycles. The van der Waals surface area contributed by atoms with Gasteiger partial charge >= 0.3 is 0 Å². The molecule has 196 valence electrons. The summed E-state index contributed by atoms with van der Waals surface area (Å²) < 4.78 is 7.92. The van der Waals surface area contributed by atoms with E-state index in [9.17, 15) is 14.9 Å². The summed E-state index contributed by atoms with van der Waals surface area (Å²) in [5.74, 6) is 0.0795. The number of carbonyl (C=O) groups is 2. The number of amides is 1. The van der Waals surface area contributed by atoms with Gasteiger partial charge in [0.1, 0.15) is 17.2 Å². The fourth-order valence-corrected chi connectivity index (χ4v) is 10.6. The zero-order valence-corrected chi connectivity index (χ0v) is 25.1. The highest BCUT2D eigenvalue weighted by molar-refractivity contribution is 14.1. The Bertz CT molecular complexity index is 1130. The molecule has 0 unspecified atom stereocenters. The number of halogens is 1. The minimum atomic E-state index is -0.832. The van der Waals surface area contributed by atoms with Gasteiger partial charge in [0, 0.05) is 40.9 Å². The summed E-state index contributed by atoms with van der Waals surface area (Å²) in [6.45, 7) is 14.3. The van der Waals surface area contributed by atoms with E-state index in [1.54, 1.807) is 4.90 Å². The number of carbonyl (C=O) groups excluding carboxylic acids is 2. The van der Waals surface area contributed by atoms with Gasteiger partial charge in [-0.25, -0.2) is 0 Å². The highest BCUT2D eigenvalue weighted by Crippen LogP contribution is 2.75. The number of ether oxygens (including phenoxy) is 1. The molecule has 3 fully saturated rings. The lowest BCUT2D eigenvalue weighted by Crippen LogP contribution is -2.76. The van der Waals surface area contributed by atoms with Crippen LogP contribution >= 0.6 is 22.6 Å². The van der Waals surface area contributed by atoms with Crippen LogP contribution in [0.2, 0.25) is 0 Å². The van der Waals surface area contributed by atoms with Gasteiger partial charge in [0.15, 0.2) is 5.78 Å². The van der Waals surface area contributed by atoms with Crippen LogP contribution in [0.3, 0.4) is 0 Å². The highest BCUT2D eigenvalue weighted by atomic mass is 127. The summed E-state index contributed by atoms with van der Waals surface area (Å²) in [5.41, 5.74) is -0.520. The number of ketones is 1. The number of alkyl halides is 1. The third kappa shape index (κ3) is 3.02. The van der Waals surface area contributed by atoms with Crippen molar-refractivity contribution in [1.29, 1.82) is 5.26 Å². The molecule has 2 heterocycles. The van der Waals surface area contributed by atoms with Crippen LogP contribution in [0.5, 0.6) is 0 Å². The maximum atomic E-state index is 14.7. The average Bonchev–Trinajstić information content (AvgIpc) is 2.80. The molecule has 5 rings (SSSR count). The summed E-state index contributed by atoms with van der Waals surface area (Å²) in [4.78, 5) is 29.3. The van der Waals surface area contributed by atoms with Crippen molar-refractivity contribution < 1.29 is 14.3 Å². The van der Waals surface area contributed by atoms with Gasteiger partial charge in [-0.3, -0.25) is 9.59 Å². The van der Waals surface area contributed by atoms with Gasteiger partial charge in [-0.2, -0.15) is 5.26 Å². The number of nitriles is 1. The maximum Gasteiger partial charge on any atom is 0.264 e. The van der Waals surface area contributed by atoms with E-state index in [1.165, 1.54) is 0 Å². The van der Waals surface area contributed by atoms with E-state index in [2.05, 4.69) is 70.2 Å². The first kappa shape index (κ1) is 26.4. The van der Waals surface area contributed by atoms with E-state index < -0.39 is 11.0 Å². The Labute approximate surface area is 230 Å². The van der Waals surface area contributed by atoms with Crippen molar-refractivity contribution in [3.05, 3.63) is 23.3 Å². The Morgan fingerprint density at radius 2 is 1.86 bits per heavy atom. The van der Waals surface area contributed by atoms with Crippen molar-refractivity contribution in [2.24, 2.45) is 33.0 Å². The summed E-state index contributed by atoms with van der Waals surface area (Å²) >= 11 is 2.56. The molecule has 3 aliphatic carbocycles. The van der Waals surface area contributed by atoms with Gasteiger partial charge in [0.25, 0.3) is 5.91 Å². The third-order valence-electron chi connectivity index (χ3n) is 11.4. The molecule has 0 radical (unpaired) electrons. The van der Waals surface area contributed by atoms with Gasteiger partial charge < -0.3 is 9.64 Å². The number of rotatable bonds is 2. The first-order valence-electron chi connectivity index (χ1n) is 13.5. The van der Waals surface area contributed by atoms with E-state index in [-0.39, 0.29) is 50.9 Å². The van der Waals surface area contributed by atoms with E-state index >= 15 is 0 Å². The van der Waals surface area contributed by atoms with Gasteiger partial charge in [-0.05, 0) is 72.5 Å². The molecule has 1 spiro atoms. The second kappa shape index (κ2) is 7.91. The fourth-order valence-electron chi connectivity index (χ4n) is 9.35. The van der Waals surface area contributed by atoms with Crippen LogP contribution in [0.15, 0.2) is 23.3 Å². The molecular weight excluding hydrogens is 563 g/mol. The Kier molecular flexibility index (Phi) is 5.80. The Morgan fingerprint density at radius 3 is 2.47 bits per heavy atom. The summed E-state index contributed by atoms with van der Waals surface area (Å²) in [6.07, 6.45) is 9.62. The smallest absolute Gasteiger partial charge is 0.264 e. The topological polar surface area (TPSA) is 70.4 Å². The summed E-state index contributed by atoms with van der Waals surface area (Å²) in [6, 6.07) is 2.08. The Morgan fingerprint density at radius 1 is 1.17 bits per heavy atom. The molecule has 2 aliphatic heterocycles. The highest BCUT2D eigenvalue weighted by Gasteiger charge is 2.76. The molecular formula is C30H41IN2O3. The minimum absolute atomic E-state index is 0.0541. The zero-order valence-electron chi connectivity index (χ0n) is 23.0. The first-order valence-corrected chi connectivity index (χ1v) is 15.1. The molecule has 7 atom stereocenters. The first-order chi connectivity index (χ1) is 16.7. The second-order valence-corrected chi connectivity index (χ2v) is 14.9. The molecule has 6 heteroatoms. The van der Waals surface area contributed by atoms with Crippen molar-refractivity contribution >= 4 is 34.3 Å². The number of nitrogens with zero attached hydrogens (tertiary/aromatic N) is 2. The standard InChI is InChI=1S/C30H41IN2O3/c1-25(2,3)16-21-29(18-31)11-10-28(6)27(5)9-8-22-26(4,15-19(17-32)24(35)33(22)7)20(27)14-23(34)30(21,28)36-13-12-29/h14-15,21-22H,8-13,16,18H2,1-7H3/t21-,22-,26-,27-,28+,29-,30-/m1/s1. The van der Waals surface area contributed by atoms with Crippen LogP contribution < -0.4 is 0 Å². The molecule has 0 aromatic rings. The zero-order chi connectivity index (χ0) is 26.5. The van der Waals surface area contributed by atoms with E-state index in [4.69, 9.17) is 4.74 Å². The van der Waals surface area contributed by atoms with E-state index in [1.807, 2.05) is 19.2 Å². The van der Waals surface area contributed by atoms with Crippen LogP contribution in [0, 0.1) is 44.3 Å². The third-order valence-corrected chi connectivity index (χ3v) is 12.9. The van der Waals surface area contributed by atoms with Crippen LogP contribution in [-0.2, 0) is 14.3 Å². The number of fused-ring (bicyclic) bond motifs is 5. The van der Waals surface area contributed by atoms with Gasteiger partial charge in [-0.1, -0.05) is 64.1 Å². The summed E-state index contributed by atoms with van der Waals surface area (Å²) in [5, 5.41) is 9.78. The van der Waals surface area contributed by atoms with E-state index in [0.717, 1.165) is 48.5 Å². The van der Waals surface area contributed by atoms with Crippen molar-refractivity contribution in [2.75, 3.05) is 18.1 Å². The fraction of sp³-hybridized carbons (Fsp3) is 0.767. The van der Waals surface area contributed by atoms with Crippen molar-refractivity contribution in [1.82, 2.24) is 4.90 Å². The molecule has 5 nitrogen and oxygen atoms in total. The van der Waals surface area contributed by atoms with Crippen LogP contribution in [0.4, 0.5) is 0 Å². The molecule has 2 bridgehead atoms. The van der Waals surface area contributed by atoms with Crippen molar-refractivity contribution in [3.63, 3.8) is 0 Å². The Hall–Kier alpha value is -1.20. The summed E-state index contributed by atoms with van der Waals surface area (Å²) in [7, 11) is 1.81. The van der Waals surface area contributed by atoms with Gasteiger partial charge in [0.05, 0.1) is 0 Å². The monoisotopic (exact) mass is 604 g/mol.